The van der Waals surface area contributed by atoms with E-state index in [0.29, 0.717) is 28.7 Å². The molecule has 0 saturated carbocycles. The van der Waals surface area contributed by atoms with E-state index in [1.54, 1.807) is 25.2 Å². The first-order valence-corrected chi connectivity index (χ1v) is 6.36. The van der Waals surface area contributed by atoms with Crippen molar-refractivity contribution in [1.29, 1.82) is 0 Å². The molecule has 1 saturated heterocycles. The summed E-state index contributed by atoms with van der Waals surface area (Å²) in [5, 5.41) is 13.6. The molecule has 1 heterocycles. The number of carbonyl (C=O) groups is 1. The normalized spacial score (nSPS) is 23.1. The third-order valence-electron chi connectivity index (χ3n) is 3.08. The van der Waals surface area contributed by atoms with Crippen LogP contribution in [0.3, 0.4) is 0 Å². The van der Waals surface area contributed by atoms with Crippen molar-refractivity contribution in [3.63, 3.8) is 0 Å². The van der Waals surface area contributed by atoms with E-state index in [4.69, 9.17) is 23.2 Å². The number of hydrogen-bond acceptors (Lipinski definition) is 3. The maximum atomic E-state index is 12.3. The van der Waals surface area contributed by atoms with Crippen LogP contribution in [0.25, 0.3) is 0 Å². The Morgan fingerprint density at radius 2 is 1.94 bits per heavy atom. The van der Waals surface area contributed by atoms with Gasteiger partial charge in [-0.15, -0.1) is 0 Å². The lowest BCUT2D eigenvalue weighted by Gasteiger charge is -2.26. The van der Waals surface area contributed by atoms with Crippen molar-refractivity contribution in [2.24, 2.45) is 0 Å². The zero-order valence-corrected chi connectivity index (χ0v) is 11.4. The standard InChI is InChI=1S/C12H14Cl2N2O2/c1-16(10-5-15-6-11(10)17)12(18)7-2-8(13)4-9(14)3-7/h2-4,10-11,15,17H,5-6H2,1H3/t10-,11-/m1/s1. The number of amides is 1. The molecule has 1 amide bonds. The second kappa shape index (κ2) is 5.45. The lowest BCUT2D eigenvalue weighted by molar-refractivity contribution is 0.0581. The topological polar surface area (TPSA) is 52.6 Å². The van der Waals surface area contributed by atoms with E-state index in [2.05, 4.69) is 5.32 Å². The SMILES string of the molecule is CN(C(=O)c1cc(Cl)cc(Cl)c1)[C@@H]1CNC[C@H]1O. The van der Waals surface area contributed by atoms with E-state index >= 15 is 0 Å². The number of halogens is 2. The van der Waals surface area contributed by atoms with E-state index in [0.717, 1.165) is 0 Å². The van der Waals surface area contributed by atoms with Gasteiger partial charge in [0.25, 0.3) is 5.91 Å². The monoisotopic (exact) mass is 288 g/mol. The summed E-state index contributed by atoms with van der Waals surface area (Å²) < 4.78 is 0. The molecule has 1 aromatic rings. The minimum Gasteiger partial charge on any atom is -0.390 e. The van der Waals surface area contributed by atoms with Gasteiger partial charge in [-0.3, -0.25) is 4.79 Å². The van der Waals surface area contributed by atoms with Gasteiger partial charge in [0, 0.05) is 35.7 Å². The first-order chi connectivity index (χ1) is 8.49. The summed E-state index contributed by atoms with van der Waals surface area (Å²) in [5.74, 6) is -0.202. The molecule has 0 aliphatic carbocycles. The van der Waals surface area contributed by atoms with E-state index in [-0.39, 0.29) is 11.9 Å². The van der Waals surface area contributed by atoms with E-state index in [1.165, 1.54) is 4.90 Å². The van der Waals surface area contributed by atoms with Crippen molar-refractivity contribution in [3.8, 4) is 0 Å². The van der Waals surface area contributed by atoms with Crippen molar-refractivity contribution < 1.29 is 9.90 Å². The van der Waals surface area contributed by atoms with Crippen LogP contribution >= 0.6 is 23.2 Å². The summed E-state index contributed by atoms with van der Waals surface area (Å²) in [5.41, 5.74) is 0.425. The second-order valence-electron chi connectivity index (χ2n) is 4.37. The summed E-state index contributed by atoms with van der Waals surface area (Å²) in [4.78, 5) is 13.8. The fourth-order valence-electron chi connectivity index (χ4n) is 2.08. The highest BCUT2D eigenvalue weighted by atomic mass is 35.5. The largest absolute Gasteiger partial charge is 0.390 e. The zero-order chi connectivity index (χ0) is 13.3. The lowest BCUT2D eigenvalue weighted by atomic mass is 10.1. The Bertz CT molecular complexity index is 447. The molecule has 0 unspecified atom stereocenters. The Morgan fingerprint density at radius 1 is 1.33 bits per heavy atom. The van der Waals surface area contributed by atoms with Gasteiger partial charge in [0.15, 0.2) is 0 Å². The van der Waals surface area contributed by atoms with Gasteiger partial charge >= 0.3 is 0 Å². The number of β-amino-alcohol motifs (C(OH)–C–C–N with tert-alkyl or cyclic N) is 1. The molecule has 0 spiro atoms. The number of nitrogens with zero attached hydrogens (tertiary/aromatic N) is 1. The van der Waals surface area contributed by atoms with Crippen LogP contribution < -0.4 is 5.32 Å². The van der Waals surface area contributed by atoms with Crippen molar-refractivity contribution >= 4 is 29.1 Å². The predicted molar refractivity (Wildman–Crippen MR) is 71.2 cm³/mol. The quantitative estimate of drug-likeness (QED) is 0.865. The van der Waals surface area contributed by atoms with Gasteiger partial charge in [-0.1, -0.05) is 23.2 Å². The third kappa shape index (κ3) is 2.78. The van der Waals surface area contributed by atoms with Gasteiger partial charge in [-0.2, -0.15) is 0 Å². The van der Waals surface area contributed by atoms with E-state index in [1.807, 2.05) is 0 Å². The minimum atomic E-state index is -0.548. The molecule has 98 valence electrons. The van der Waals surface area contributed by atoms with Gasteiger partial charge in [-0.25, -0.2) is 0 Å². The van der Waals surface area contributed by atoms with Crippen LogP contribution in [0.4, 0.5) is 0 Å². The average Bonchev–Trinajstić information content (AvgIpc) is 2.72. The zero-order valence-electron chi connectivity index (χ0n) is 9.86. The molecule has 1 aromatic carbocycles. The van der Waals surface area contributed by atoms with Crippen molar-refractivity contribution in [2.75, 3.05) is 20.1 Å². The van der Waals surface area contributed by atoms with Gasteiger partial charge < -0.3 is 15.3 Å². The average molecular weight is 289 g/mol. The first kappa shape index (κ1) is 13.6. The molecule has 18 heavy (non-hydrogen) atoms. The van der Waals surface area contributed by atoms with Crippen molar-refractivity contribution in [2.45, 2.75) is 12.1 Å². The summed E-state index contributed by atoms with van der Waals surface area (Å²) in [6.45, 7) is 1.08. The molecule has 1 aliphatic heterocycles. The summed E-state index contributed by atoms with van der Waals surface area (Å²) >= 11 is 11.7. The molecular formula is C12H14Cl2N2O2. The first-order valence-electron chi connectivity index (χ1n) is 5.61. The van der Waals surface area contributed by atoms with Crippen LogP contribution in [-0.4, -0.2) is 48.2 Å². The molecule has 2 N–H and O–H groups in total. The Labute approximate surface area is 115 Å². The number of carbonyl (C=O) groups excluding carboxylic acids is 1. The number of likely N-dealkylation sites (N-methyl/N-ethyl adjacent to an activating group) is 1. The molecule has 0 aromatic heterocycles. The van der Waals surface area contributed by atoms with Crippen LogP contribution in [0.5, 0.6) is 0 Å². The molecule has 1 fully saturated rings. The fourth-order valence-corrected chi connectivity index (χ4v) is 2.60. The maximum absolute atomic E-state index is 12.3. The summed E-state index contributed by atoms with van der Waals surface area (Å²) in [7, 11) is 1.66. The molecular weight excluding hydrogens is 275 g/mol. The molecule has 0 bridgehead atoms. The van der Waals surface area contributed by atoms with E-state index in [9.17, 15) is 9.90 Å². The lowest BCUT2D eigenvalue weighted by Crippen LogP contribution is -2.44. The van der Waals surface area contributed by atoms with Crippen LogP contribution in [-0.2, 0) is 0 Å². The smallest absolute Gasteiger partial charge is 0.254 e. The highest BCUT2D eigenvalue weighted by Crippen LogP contribution is 2.21. The van der Waals surface area contributed by atoms with Gasteiger partial charge in [-0.05, 0) is 18.2 Å². The van der Waals surface area contributed by atoms with Crippen LogP contribution in [0, 0.1) is 0 Å². The maximum Gasteiger partial charge on any atom is 0.254 e. The molecule has 0 radical (unpaired) electrons. The summed E-state index contributed by atoms with van der Waals surface area (Å²) in [6, 6.07) is 4.49. The highest BCUT2D eigenvalue weighted by molar-refractivity contribution is 6.35. The number of benzene rings is 1. The second-order valence-corrected chi connectivity index (χ2v) is 5.24. The van der Waals surface area contributed by atoms with Gasteiger partial charge in [0.1, 0.15) is 0 Å². The highest BCUT2D eigenvalue weighted by Gasteiger charge is 2.31. The Hall–Kier alpha value is -0.810. The van der Waals surface area contributed by atoms with E-state index < -0.39 is 6.10 Å². The molecule has 2 rings (SSSR count). The molecule has 2 atom stereocenters. The number of aliphatic hydroxyl groups excluding tert-OH is 1. The molecule has 4 nitrogen and oxygen atoms in total. The number of aliphatic hydroxyl groups is 1. The van der Waals surface area contributed by atoms with Crippen LogP contribution in [0.2, 0.25) is 10.0 Å². The summed E-state index contributed by atoms with van der Waals surface area (Å²) in [6.07, 6.45) is -0.548. The number of rotatable bonds is 2. The van der Waals surface area contributed by atoms with Gasteiger partial charge in [0.2, 0.25) is 0 Å². The predicted octanol–water partition coefficient (Wildman–Crippen LogP) is 1.40. The van der Waals surface area contributed by atoms with Crippen molar-refractivity contribution in [3.05, 3.63) is 33.8 Å². The van der Waals surface area contributed by atoms with Crippen molar-refractivity contribution in [1.82, 2.24) is 10.2 Å². The minimum absolute atomic E-state index is 0.202. The van der Waals surface area contributed by atoms with Crippen LogP contribution in [0.15, 0.2) is 18.2 Å². The van der Waals surface area contributed by atoms with Crippen LogP contribution in [0.1, 0.15) is 10.4 Å². The number of hydrogen-bond donors (Lipinski definition) is 2. The third-order valence-corrected chi connectivity index (χ3v) is 3.51. The fraction of sp³-hybridized carbons (Fsp3) is 0.417. The number of nitrogens with one attached hydrogen (secondary N) is 1. The Balaban J connectivity index is 2.19. The molecule has 6 heteroatoms. The Morgan fingerprint density at radius 3 is 2.44 bits per heavy atom. The molecule has 1 aliphatic rings. The van der Waals surface area contributed by atoms with Gasteiger partial charge in [0.05, 0.1) is 12.1 Å². The Kier molecular flexibility index (Phi) is 4.12.